The predicted molar refractivity (Wildman–Crippen MR) is 56.2 cm³/mol. The Morgan fingerprint density at radius 3 is 2.54 bits per heavy atom. The topological polar surface area (TPSA) is 3.24 Å². The van der Waals surface area contributed by atoms with Crippen molar-refractivity contribution >= 4 is 5.57 Å². The molecule has 1 heteroatoms. The lowest BCUT2D eigenvalue weighted by Gasteiger charge is -2.17. The second kappa shape index (κ2) is 3.48. The number of hydrogen-bond acceptors (Lipinski definition) is 1. The molecule has 0 fully saturated rings. The van der Waals surface area contributed by atoms with Crippen molar-refractivity contribution in [1.29, 1.82) is 0 Å². The molecule has 13 heavy (non-hydrogen) atoms. The van der Waals surface area contributed by atoms with E-state index in [9.17, 15) is 0 Å². The van der Waals surface area contributed by atoms with E-state index in [0.29, 0.717) is 0 Å². The summed E-state index contributed by atoms with van der Waals surface area (Å²) in [5, 5.41) is 0. The summed E-state index contributed by atoms with van der Waals surface area (Å²) in [7, 11) is 2.08. The van der Waals surface area contributed by atoms with Gasteiger partial charge in [0, 0.05) is 13.6 Å². The van der Waals surface area contributed by atoms with Crippen LogP contribution in [0.3, 0.4) is 0 Å². The molecule has 0 spiro atoms. The highest BCUT2D eigenvalue weighted by atomic mass is 15.1. The molecular formula is C12H13N. The van der Waals surface area contributed by atoms with Gasteiger partial charge in [-0.05, 0) is 23.4 Å². The molecule has 0 radical (unpaired) electrons. The number of likely N-dealkylation sites (N-methyl/N-ethyl adjacent to an activating group) is 1. The predicted octanol–water partition coefficient (Wildman–Crippen LogP) is 2.53. The van der Waals surface area contributed by atoms with Crippen molar-refractivity contribution in [2.75, 3.05) is 13.6 Å². The van der Waals surface area contributed by atoms with Crippen LogP contribution in [0.15, 0.2) is 48.7 Å². The van der Waals surface area contributed by atoms with Crippen LogP contribution in [0, 0.1) is 0 Å². The van der Waals surface area contributed by atoms with E-state index in [1.807, 2.05) is 6.07 Å². The van der Waals surface area contributed by atoms with Crippen molar-refractivity contribution in [3.8, 4) is 0 Å². The minimum absolute atomic E-state index is 1.00. The van der Waals surface area contributed by atoms with Gasteiger partial charge < -0.3 is 4.90 Å². The molecule has 0 saturated carbocycles. The van der Waals surface area contributed by atoms with Crippen molar-refractivity contribution in [1.82, 2.24) is 4.90 Å². The summed E-state index contributed by atoms with van der Waals surface area (Å²) < 4.78 is 0. The first-order valence-electron chi connectivity index (χ1n) is 4.50. The van der Waals surface area contributed by atoms with E-state index in [4.69, 9.17) is 0 Å². The quantitative estimate of drug-likeness (QED) is 0.627. The average Bonchev–Trinajstić information content (AvgIpc) is 2.20. The van der Waals surface area contributed by atoms with Gasteiger partial charge in [-0.1, -0.05) is 36.4 Å². The van der Waals surface area contributed by atoms with Crippen LogP contribution in [0.5, 0.6) is 0 Å². The molecule has 1 heterocycles. The van der Waals surface area contributed by atoms with E-state index in [-0.39, 0.29) is 0 Å². The first-order chi connectivity index (χ1) is 6.36. The van der Waals surface area contributed by atoms with E-state index in [1.54, 1.807) is 0 Å². The van der Waals surface area contributed by atoms with E-state index in [0.717, 1.165) is 6.54 Å². The third-order valence-corrected chi connectivity index (χ3v) is 2.21. The number of allylic oxidation sites excluding steroid dienone is 2. The summed E-state index contributed by atoms with van der Waals surface area (Å²) in [6.45, 7) is 1.00. The van der Waals surface area contributed by atoms with Gasteiger partial charge >= 0.3 is 0 Å². The van der Waals surface area contributed by atoms with Crippen molar-refractivity contribution in [2.24, 2.45) is 0 Å². The normalized spacial score (nSPS) is 15.8. The van der Waals surface area contributed by atoms with Crippen LogP contribution < -0.4 is 0 Å². The van der Waals surface area contributed by atoms with Gasteiger partial charge in [-0.25, -0.2) is 0 Å². The fraction of sp³-hybridized carbons (Fsp3) is 0.167. The molecule has 1 aliphatic heterocycles. The van der Waals surface area contributed by atoms with Gasteiger partial charge in [-0.15, -0.1) is 0 Å². The zero-order valence-electron chi connectivity index (χ0n) is 7.77. The summed E-state index contributed by atoms with van der Waals surface area (Å²) in [5.74, 6) is 0. The van der Waals surface area contributed by atoms with Crippen LogP contribution in [0.1, 0.15) is 5.56 Å². The summed E-state index contributed by atoms with van der Waals surface area (Å²) in [6.07, 6.45) is 6.51. The van der Waals surface area contributed by atoms with Crippen LogP contribution in [-0.4, -0.2) is 18.5 Å². The Kier molecular flexibility index (Phi) is 2.17. The fourth-order valence-corrected chi connectivity index (χ4v) is 1.42. The van der Waals surface area contributed by atoms with E-state index in [2.05, 4.69) is 54.6 Å². The molecule has 0 bridgehead atoms. The molecule has 0 aliphatic carbocycles. The van der Waals surface area contributed by atoms with Crippen LogP contribution in [-0.2, 0) is 0 Å². The third kappa shape index (κ3) is 1.81. The molecule has 0 N–H and O–H groups in total. The highest BCUT2D eigenvalue weighted by Crippen LogP contribution is 2.18. The summed E-state index contributed by atoms with van der Waals surface area (Å²) >= 11 is 0. The van der Waals surface area contributed by atoms with Gasteiger partial charge in [-0.2, -0.15) is 0 Å². The largest absolute Gasteiger partial charge is 0.377 e. The number of nitrogens with zero attached hydrogens (tertiary/aromatic N) is 1. The Labute approximate surface area is 79.0 Å². The molecule has 0 amide bonds. The lowest BCUT2D eigenvalue weighted by molar-refractivity contribution is 0.506. The number of benzene rings is 1. The molecule has 66 valence electrons. The van der Waals surface area contributed by atoms with Gasteiger partial charge in [0.25, 0.3) is 0 Å². The Morgan fingerprint density at radius 1 is 1.15 bits per heavy atom. The van der Waals surface area contributed by atoms with Crippen LogP contribution in [0.4, 0.5) is 0 Å². The maximum atomic E-state index is 2.25. The summed E-state index contributed by atoms with van der Waals surface area (Å²) in [5.41, 5.74) is 2.62. The second-order valence-corrected chi connectivity index (χ2v) is 3.28. The molecule has 0 atom stereocenters. The molecule has 1 aromatic carbocycles. The van der Waals surface area contributed by atoms with Crippen molar-refractivity contribution in [2.45, 2.75) is 0 Å². The molecule has 0 saturated heterocycles. The van der Waals surface area contributed by atoms with Gasteiger partial charge in [-0.3, -0.25) is 0 Å². The monoisotopic (exact) mass is 171 g/mol. The van der Waals surface area contributed by atoms with Crippen molar-refractivity contribution in [3.05, 3.63) is 54.2 Å². The highest BCUT2D eigenvalue weighted by Gasteiger charge is 2.01. The maximum absolute atomic E-state index is 2.25. The Bertz CT molecular complexity index is 335. The summed E-state index contributed by atoms with van der Waals surface area (Å²) in [6, 6.07) is 10.5. The fourth-order valence-electron chi connectivity index (χ4n) is 1.42. The Balaban J connectivity index is 2.25. The molecule has 2 rings (SSSR count). The highest BCUT2D eigenvalue weighted by molar-refractivity contribution is 5.74. The Hall–Kier alpha value is -1.50. The molecule has 1 nitrogen and oxygen atoms in total. The molecule has 0 aromatic heterocycles. The van der Waals surface area contributed by atoms with E-state index >= 15 is 0 Å². The third-order valence-electron chi connectivity index (χ3n) is 2.21. The van der Waals surface area contributed by atoms with Gasteiger partial charge in [0.15, 0.2) is 0 Å². The van der Waals surface area contributed by atoms with Crippen LogP contribution >= 0.6 is 0 Å². The zero-order chi connectivity index (χ0) is 9.10. The first kappa shape index (κ1) is 8.11. The van der Waals surface area contributed by atoms with Crippen LogP contribution in [0.25, 0.3) is 5.57 Å². The van der Waals surface area contributed by atoms with Gasteiger partial charge in [0.05, 0.1) is 0 Å². The first-order valence-corrected chi connectivity index (χ1v) is 4.50. The van der Waals surface area contributed by atoms with Gasteiger partial charge in [0.1, 0.15) is 0 Å². The minimum Gasteiger partial charge on any atom is -0.377 e. The molecular weight excluding hydrogens is 158 g/mol. The number of hydrogen-bond donors (Lipinski definition) is 0. The maximum Gasteiger partial charge on any atom is 0.0359 e. The Morgan fingerprint density at radius 2 is 1.92 bits per heavy atom. The minimum atomic E-state index is 1.00. The van der Waals surface area contributed by atoms with Crippen molar-refractivity contribution in [3.63, 3.8) is 0 Å². The zero-order valence-corrected chi connectivity index (χ0v) is 7.77. The summed E-state index contributed by atoms with van der Waals surface area (Å²) in [4.78, 5) is 2.16. The lowest BCUT2D eigenvalue weighted by Crippen LogP contribution is -2.13. The van der Waals surface area contributed by atoms with E-state index < -0.39 is 0 Å². The second-order valence-electron chi connectivity index (χ2n) is 3.28. The van der Waals surface area contributed by atoms with E-state index in [1.165, 1.54) is 11.1 Å². The molecule has 1 aromatic rings. The average molecular weight is 171 g/mol. The number of rotatable bonds is 1. The van der Waals surface area contributed by atoms with Crippen molar-refractivity contribution < 1.29 is 0 Å². The molecule has 0 unspecified atom stereocenters. The van der Waals surface area contributed by atoms with Crippen LogP contribution in [0.2, 0.25) is 0 Å². The van der Waals surface area contributed by atoms with Gasteiger partial charge in [0.2, 0.25) is 0 Å². The standard InChI is InChI=1S/C12H13N/c1-13-9-7-12(8-10-13)11-5-3-2-4-6-11/h2-9H,10H2,1H3. The molecule has 1 aliphatic rings. The smallest absolute Gasteiger partial charge is 0.0359 e. The lowest BCUT2D eigenvalue weighted by atomic mass is 10.0. The SMILES string of the molecule is CN1C=CC(c2ccccc2)=CC1.